The number of anilines is 1. The third kappa shape index (κ3) is 2.77. The molecule has 0 radical (unpaired) electrons. The molecule has 4 nitrogen and oxygen atoms in total. The number of rotatable bonds is 5. The van der Waals surface area contributed by atoms with Crippen molar-refractivity contribution >= 4 is 5.82 Å². The van der Waals surface area contributed by atoms with Crippen molar-refractivity contribution in [3.05, 3.63) is 29.4 Å². The highest BCUT2D eigenvalue weighted by Crippen LogP contribution is 2.47. The van der Waals surface area contributed by atoms with Crippen LogP contribution in [0.3, 0.4) is 0 Å². The quantitative estimate of drug-likeness (QED) is 0.899. The Morgan fingerprint density at radius 3 is 2.81 bits per heavy atom. The lowest BCUT2D eigenvalue weighted by Crippen LogP contribution is -2.08. The van der Waals surface area contributed by atoms with Gasteiger partial charge in [-0.15, -0.1) is 0 Å². The fraction of sp³-hybridized carbons (Fsp3) is 0.500. The molecule has 0 aromatic carbocycles. The second-order valence-electron chi connectivity index (χ2n) is 5.74. The Bertz CT molecular complexity index is 653. The summed E-state index contributed by atoms with van der Waals surface area (Å²) in [4.78, 5) is 8.47. The minimum Gasteiger partial charge on any atom is -0.457 e. The average molecular weight is 289 g/mol. The summed E-state index contributed by atoms with van der Waals surface area (Å²) in [6, 6.07) is 3.85. The zero-order valence-corrected chi connectivity index (χ0v) is 12.6. The molecule has 1 saturated carbocycles. The van der Waals surface area contributed by atoms with Crippen LogP contribution in [-0.2, 0) is 0 Å². The number of nitrogens with zero attached hydrogens (tertiary/aromatic N) is 2. The van der Waals surface area contributed by atoms with Crippen LogP contribution in [0.15, 0.2) is 16.5 Å². The fourth-order valence-electron chi connectivity index (χ4n) is 2.42. The van der Waals surface area contributed by atoms with Crippen LogP contribution in [0, 0.1) is 18.7 Å². The monoisotopic (exact) mass is 289 g/mol. The van der Waals surface area contributed by atoms with Crippen molar-refractivity contribution < 1.29 is 8.81 Å². The topological polar surface area (TPSA) is 51.0 Å². The molecule has 1 fully saturated rings. The Hall–Kier alpha value is -1.91. The van der Waals surface area contributed by atoms with Gasteiger partial charge in [0.05, 0.1) is 5.69 Å². The Morgan fingerprint density at radius 1 is 1.38 bits per heavy atom. The predicted molar refractivity (Wildman–Crippen MR) is 79.7 cm³/mol. The number of hydrogen-bond donors (Lipinski definition) is 1. The van der Waals surface area contributed by atoms with E-state index in [1.165, 1.54) is 6.42 Å². The lowest BCUT2D eigenvalue weighted by Gasteiger charge is -2.08. The molecule has 2 unspecified atom stereocenters. The molecule has 0 spiro atoms. The zero-order valence-electron chi connectivity index (χ0n) is 12.6. The summed E-state index contributed by atoms with van der Waals surface area (Å²) in [5.41, 5.74) is 0.330. The molecule has 5 heteroatoms. The molecular formula is C16H20FN3O. The first-order valence-electron chi connectivity index (χ1n) is 7.48. The van der Waals surface area contributed by atoms with Gasteiger partial charge in [0.1, 0.15) is 5.76 Å². The summed E-state index contributed by atoms with van der Waals surface area (Å²) in [7, 11) is 0. The maximum absolute atomic E-state index is 14.0. The van der Waals surface area contributed by atoms with E-state index in [9.17, 15) is 4.39 Å². The van der Waals surface area contributed by atoms with Gasteiger partial charge in [-0.25, -0.2) is 14.4 Å². The Balaban J connectivity index is 1.90. The molecule has 0 bridgehead atoms. The average Bonchev–Trinajstić information content (AvgIpc) is 3.01. The predicted octanol–water partition coefficient (Wildman–Crippen LogP) is 4.13. The smallest absolute Gasteiger partial charge is 0.198 e. The summed E-state index contributed by atoms with van der Waals surface area (Å²) in [5.74, 6) is 3.07. The van der Waals surface area contributed by atoms with Crippen molar-refractivity contribution in [3.8, 4) is 11.6 Å². The maximum Gasteiger partial charge on any atom is 0.198 e. The number of nitrogens with one attached hydrogen (secondary N) is 1. The van der Waals surface area contributed by atoms with Gasteiger partial charge < -0.3 is 9.73 Å². The fourth-order valence-corrected chi connectivity index (χ4v) is 2.42. The number of furan rings is 1. The first-order chi connectivity index (χ1) is 10.1. The van der Waals surface area contributed by atoms with Gasteiger partial charge in [0.25, 0.3) is 0 Å². The summed E-state index contributed by atoms with van der Waals surface area (Å²) in [6.07, 6.45) is 2.07. The van der Waals surface area contributed by atoms with E-state index >= 15 is 0 Å². The molecule has 2 aromatic heterocycles. The van der Waals surface area contributed by atoms with Gasteiger partial charge in [-0.2, -0.15) is 0 Å². The van der Waals surface area contributed by atoms with Crippen LogP contribution in [0.25, 0.3) is 11.6 Å². The van der Waals surface area contributed by atoms with Gasteiger partial charge in [0.2, 0.25) is 0 Å². The van der Waals surface area contributed by atoms with E-state index in [4.69, 9.17) is 4.42 Å². The van der Waals surface area contributed by atoms with Crippen LogP contribution in [0.5, 0.6) is 0 Å². The van der Waals surface area contributed by atoms with Crippen molar-refractivity contribution in [2.75, 3.05) is 11.9 Å². The van der Waals surface area contributed by atoms with Crippen LogP contribution < -0.4 is 5.32 Å². The molecule has 0 amide bonds. The van der Waals surface area contributed by atoms with Crippen LogP contribution in [0.4, 0.5) is 10.2 Å². The zero-order chi connectivity index (χ0) is 15.0. The summed E-state index contributed by atoms with van der Waals surface area (Å²) < 4.78 is 19.8. The minimum absolute atomic E-state index is 0.247. The molecule has 21 heavy (non-hydrogen) atoms. The Labute approximate surface area is 123 Å². The molecule has 1 aliphatic rings. The van der Waals surface area contributed by atoms with E-state index in [1.54, 1.807) is 6.92 Å². The second kappa shape index (κ2) is 5.47. The van der Waals surface area contributed by atoms with Crippen LogP contribution >= 0.6 is 0 Å². The van der Waals surface area contributed by atoms with Crippen molar-refractivity contribution in [2.24, 2.45) is 5.92 Å². The van der Waals surface area contributed by atoms with Crippen molar-refractivity contribution in [3.63, 3.8) is 0 Å². The third-order valence-electron chi connectivity index (χ3n) is 3.88. The molecule has 0 aliphatic heterocycles. The molecule has 112 valence electrons. The molecule has 2 heterocycles. The van der Waals surface area contributed by atoms with E-state index < -0.39 is 5.82 Å². The van der Waals surface area contributed by atoms with Crippen molar-refractivity contribution in [1.29, 1.82) is 0 Å². The number of hydrogen-bond acceptors (Lipinski definition) is 4. The van der Waals surface area contributed by atoms with Crippen LogP contribution in [0.1, 0.15) is 44.1 Å². The molecule has 1 aliphatic carbocycles. The number of aryl methyl sites for hydroxylation is 1. The second-order valence-corrected chi connectivity index (χ2v) is 5.74. The minimum atomic E-state index is -0.394. The normalized spacial score (nSPS) is 20.6. The number of halogens is 1. The highest BCUT2D eigenvalue weighted by molar-refractivity contribution is 5.52. The number of aromatic nitrogens is 2. The molecule has 0 saturated heterocycles. The van der Waals surface area contributed by atoms with E-state index in [0.717, 1.165) is 12.2 Å². The van der Waals surface area contributed by atoms with E-state index in [1.807, 2.05) is 19.1 Å². The van der Waals surface area contributed by atoms with Crippen LogP contribution in [-0.4, -0.2) is 16.5 Å². The summed E-state index contributed by atoms with van der Waals surface area (Å²) in [6.45, 7) is 6.55. The Morgan fingerprint density at radius 2 is 2.14 bits per heavy atom. The Kier molecular flexibility index (Phi) is 3.66. The SMILES string of the molecule is CCCNc1nc(-c2ccc(C3CC3C)o2)nc(C)c1F. The molecular weight excluding hydrogens is 269 g/mol. The largest absolute Gasteiger partial charge is 0.457 e. The molecule has 1 N–H and O–H groups in total. The molecule has 3 rings (SSSR count). The third-order valence-corrected chi connectivity index (χ3v) is 3.88. The highest BCUT2D eigenvalue weighted by atomic mass is 19.1. The highest BCUT2D eigenvalue weighted by Gasteiger charge is 2.36. The van der Waals surface area contributed by atoms with Crippen LogP contribution in [0.2, 0.25) is 0 Å². The first kappa shape index (κ1) is 14.0. The molecule has 2 atom stereocenters. The van der Waals surface area contributed by atoms with E-state index in [2.05, 4.69) is 22.2 Å². The maximum atomic E-state index is 14.0. The van der Waals surface area contributed by atoms with Gasteiger partial charge in [0, 0.05) is 12.5 Å². The lowest BCUT2D eigenvalue weighted by atomic mass is 10.3. The van der Waals surface area contributed by atoms with Gasteiger partial charge in [0.15, 0.2) is 23.2 Å². The molecule has 2 aromatic rings. The summed E-state index contributed by atoms with van der Waals surface area (Å²) in [5, 5.41) is 2.99. The van der Waals surface area contributed by atoms with Gasteiger partial charge in [-0.05, 0) is 37.8 Å². The van der Waals surface area contributed by atoms with Crippen molar-refractivity contribution in [2.45, 2.75) is 39.5 Å². The van der Waals surface area contributed by atoms with Gasteiger partial charge in [-0.1, -0.05) is 13.8 Å². The van der Waals surface area contributed by atoms with E-state index in [-0.39, 0.29) is 5.82 Å². The first-order valence-corrected chi connectivity index (χ1v) is 7.48. The summed E-state index contributed by atoms with van der Waals surface area (Å²) >= 11 is 0. The lowest BCUT2D eigenvalue weighted by molar-refractivity contribution is 0.513. The van der Waals surface area contributed by atoms with Crippen molar-refractivity contribution in [1.82, 2.24) is 9.97 Å². The van der Waals surface area contributed by atoms with Gasteiger partial charge >= 0.3 is 0 Å². The standard InChI is InChI=1S/C16H20FN3O/c1-4-7-18-16-14(17)10(3)19-15(20-16)13-6-5-12(21-13)11-8-9(11)2/h5-6,9,11H,4,7-8H2,1-3H3,(H,18,19,20). The van der Waals surface area contributed by atoms with Gasteiger partial charge in [-0.3, -0.25) is 0 Å². The van der Waals surface area contributed by atoms with E-state index in [0.29, 0.717) is 35.7 Å².